The topological polar surface area (TPSA) is 54.4 Å². The lowest BCUT2D eigenvalue weighted by Gasteiger charge is -2.27. The van der Waals surface area contributed by atoms with Crippen molar-refractivity contribution in [3.63, 3.8) is 0 Å². The number of hydrogen-bond acceptors (Lipinski definition) is 3. The van der Waals surface area contributed by atoms with Crippen LogP contribution in [0.1, 0.15) is 40.0 Å². The molecule has 15 heavy (non-hydrogen) atoms. The molecule has 1 aliphatic carbocycles. The number of aliphatic hydroxyl groups excluding tert-OH is 1. The monoisotopic (exact) mass is 234 g/mol. The molecular formula is C11H22O3S. The summed E-state index contributed by atoms with van der Waals surface area (Å²) in [5.41, 5.74) is -0.179. The van der Waals surface area contributed by atoms with E-state index in [-0.39, 0.29) is 23.0 Å². The van der Waals surface area contributed by atoms with Crippen molar-refractivity contribution in [1.29, 1.82) is 0 Å². The summed E-state index contributed by atoms with van der Waals surface area (Å²) in [6.07, 6.45) is 2.87. The molecule has 1 N–H and O–H groups in total. The van der Waals surface area contributed by atoms with Gasteiger partial charge < -0.3 is 5.11 Å². The summed E-state index contributed by atoms with van der Waals surface area (Å²) in [6.45, 7) is 5.53. The summed E-state index contributed by atoms with van der Waals surface area (Å²) in [7, 11) is -2.96. The molecule has 0 saturated heterocycles. The lowest BCUT2D eigenvalue weighted by atomic mass is 9.83. The first-order chi connectivity index (χ1) is 6.82. The second kappa shape index (κ2) is 4.42. The van der Waals surface area contributed by atoms with E-state index in [9.17, 15) is 13.5 Å². The Balaban J connectivity index is 2.55. The molecule has 0 amide bonds. The second-order valence-corrected chi connectivity index (χ2v) is 7.93. The summed E-state index contributed by atoms with van der Waals surface area (Å²) in [5.74, 6) is 0.739. The Morgan fingerprint density at radius 2 is 1.93 bits per heavy atom. The Bertz CT molecular complexity index is 304. The highest BCUT2D eigenvalue weighted by Gasteiger charge is 2.41. The zero-order chi connectivity index (χ0) is 11.7. The van der Waals surface area contributed by atoms with E-state index >= 15 is 0 Å². The van der Waals surface area contributed by atoms with Gasteiger partial charge in [-0.25, -0.2) is 8.42 Å². The van der Waals surface area contributed by atoms with E-state index in [0.717, 1.165) is 12.8 Å². The van der Waals surface area contributed by atoms with Crippen LogP contribution in [0.25, 0.3) is 0 Å². The molecule has 1 fully saturated rings. The molecule has 4 heteroatoms. The van der Waals surface area contributed by atoms with Gasteiger partial charge in [-0.3, -0.25) is 0 Å². The molecule has 0 heterocycles. The minimum Gasteiger partial charge on any atom is -0.396 e. The fourth-order valence-electron chi connectivity index (χ4n) is 1.80. The van der Waals surface area contributed by atoms with Crippen LogP contribution in [0.5, 0.6) is 0 Å². The Labute approximate surface area is 92.8 Å². The second-order valence-electron chi connectivity index (χ2n) is 5.25. The van der Waals surface area contributed by atoms with Crippen molar-refractivity contribution in [1.82, 2.24) is 0 Å². The van der Waals surface area contributed by atoms with Gasteiger partial charge in [0.2, 0.25) is 0 Å². The largest absolute Gasteiger partial charge is 0.396 e. The summed E-state index contributed by atoms with van der Waals surface area (Å²) < 4.78 is 23.3. The SMILES string of the molecule is CC(C)S(=O)(=O)CCC(C)(CO)C1CC1. The maximum atomic E-state index is 11.7. The van der Waals surface area contributed by atoms with Gasteiger partial charge in [-0.15, -0.1) is 0 Å². The van der Waals surface area contributed by atoms with Gasteiger partial charge in [-0.05, 0) is 44.4 Å². The summed E-state index contributed by atoms with van der Waals surface area (Å²) >= 11 is 0. The van der Waals surface area contributed by atoms with E-state index < -0.39 is 9.84 Å². The molecule has 1 aliphatic rings. The van der Waals surface area contributed by atoms with E-state index in [4.69, 9.17) is 0 Å². The lowest BCUT2D eigenvalue weighted by Crippen LogP contribution is -2.29. The van der Waals surface area contributed by atoms with Gasteiger partial charge in [0.1, 0.15) is 0 Å². The number of aliphatic hydroxyl groups is 1. The first-order valence-corrected chi connectivity index (χ1v) is 7.36. The quantitative estimate of drug-likeness (QED) is 0.759. The molecule has 0 aromatic rings. The van der Waals surface area contributed by atoms with Gasteiger partial charge in [0.05, 0.1) is 11.0 Å². The molecule has 1 saturated carbocycles. The van der Waals surface area contributed by atoms with Crippen molar-refractivity contribution < 1.29 is 13.5 Å². The van der Waals surface area contributed by atoms with E-state index in [0.29, 0.717) is 12.3 Å². The zero-order valence-corrected chi connectivity index (χ0v) is 10.7. The van der Waals surface area contributed by atoms with Gasteiger partial charge in [-0.1, -0.05) is 6.92 Å². The van der Waals surface area contributed by atoms with Crippen molar-refractivity contribution in [3.05, 3.63) is 0 Å². The molecular weight excluding hydrogens is 212 g/mol. The Kier molecular flexibility index (Phi) is 3.82. The standard InChI is InChI=1S/C11H22O3S/c1-9(2)15(13,14)7-6-11(3,8-12)10-4-5-10/h9-10,12H,4-8H2,1-3H3. The lowest BCUT2D eigenvalue weighted by molar-refractivity contribution is 0.116. The Morgan fingerprint density at radius 3 is 2.27 bits per heavy atom. The van der Waals surface area contributed by atoms with Crippen LogP contribution in [0.2, 0.25) is 0 Å². The normalized spacial score (nSPS) is 21.7. The van der Waals surface area contributed by atoms with Crippen LogP contribution in [0.3, 0.4) is 0 Å². The van der Waals surface area contributed by atoms with Crippen molar-refractivity contribution in [3.8, 4) is 0 Å². The molecule has 0 aliphatic heterocycles. The van der Waals surface area contributed by atoms with E-state index in [1.54, 1.807) is 13.8 Å². The average molecular weight is 234 g/mol. The number of sulfone groups is 1. The summed E-state index contributed by atoms with van der Waals surface area (Å²) in [5, 5.41) is 9.03. The Morgan fingerprint density at radius 1 is 1.40 bits per heavy atom. The molecule has 0 spiro atoms. The highest BCUT2D eigenvalue weighted by atomic mass is 32.2. The maximum Gasteiger partial charge on any atom is 0.152 e. The van der Waals surface area contributed by atoms with Gasteiger partial charge in [0, 0.05) is 6.61 Å². The molecule has 1 rings (SSSR count). The smallest absolute Gasteiger partial charge is 0.152 e. The predicted octanol–water partition coefficient (Wildman–Crippen LogP) is 1.61. The number of rotatable bonds is 6. The molecule has 1 atom stereocenters. The predicted molar refractivity (Wildman–Crippen MR) is 61.5 cm³/mol. The molecule has 3 nitrogen and oxygen atoms in total. The third-order valence-corrected chi connectivity index (χ3v) is 5.81. The molecule has 0 radical (unpaired) electrons. The van der Waals surface area contributed by atoms with E-state index in [1.807, 2.05) is 6.92 Å². The fourth-order valence-corrected chi connectivity index (χ4v) is 3.03. The maximum absolute atomic E-state index is 11.7. The van der Waals surface area contributed by atoms with Crippen LogP contribution in [0.15, 0.2) is 0 Å². The Hall–Kier alpha value is -0.0900. The van der Waals surface area contributed by atoms with Crippen LogP contribution in [0, 0.1) is 11.3 Å². The highest BCUT2D eigenvalue weighted by Crippen LogP contribution is 2.47. The van der Waals surface area contributed by atoms with Crippen molar-refractivity contribution >= 4 is 9.84 Å². The van der Waals surface area contributed by atoms with Crippen LogP contribution >= 0.6 is 0 Å². The van der Waals surface area contributed by atoms with Gasteiger partial charge in [0.25, 0.3) is 0 Å². The van der Waals surface area contributed by atoms with Crippen molar-refractivity contribution in [2.75, 3.05) is 12.4 Å². The highest BCUT2D eigenvalue weighted by molar-refractivity contribution is 7.91. The third-order valence-electron chi connectivity index (χ3n) is 3.60. The van der Waals surface area contributed by atoms with Gasteiger partial charge >= 0.3 is 0 Å². The van der Waals surface area contributed by atoms with Crippen LogP contribution in [-0.2, 0) is 9.84 Å². The molecule has 90 valence electrons. The molecule has 0 bridgehead atoms. The fraction of sp³-hybridized carbons (Fsp3) is 1.00. The third kappa shape index (κ3) is 3.18. The van der Waals surface area contributed by atoms with Crippen molar-refractivity contribution in [2.24, 2.45) is 11.3 Å². The molecule has 0 aromatic carbocycles. The van der Waals surface area contributed by atoms with Crippen LogP contribution in [0.4, 0.5) is 0 Å². The first-order valence-electron chi connectivity index (χ1n) is 5.64. The minimum absolute atomic E-state index is 0.102. The van der Waals surface area contributed by atoms with Gasteiger partial charge in [-0.2, -0.15) is 0 Å². The van der Waals surface area contributed by atoms with Crippen LogP contribution < -0.4 is 0 Å². The number of hydrogen-bond donors (Lipinski definition) is 1. The first kappa shape index (κ1) is 13.0. The summed E-state index contributed by atoms with van der Waals surface area (Å²) in [4.78, 5) is 0. The average Bonchev–Trinajstić information content (AvgIpc) is 2.97. The van der Waals surface area contributed by atoms with E-state index in [2.05, 4.69) is 0 Å². The molecule has 1 unspecified atom stereocenters. The van der Waals surface area contributed by atoms with Crippen LogP contribution in [-0.4, -0.2) is 31.1 Å². The van der Waals surface area contributed by atoms with E-state index in [1.165, 1.54) is 0 Å². The van der Waals surface area contributed by atoms with Crippen molar-refractivity contribution in [2.45, 2.75) is 45.3 Å². The van der Waals surface area contributed by atoms with Gasteiger partial charge in [0.15, 0.2) is 9.84 Å². The molecule has 0 aromatic heterocycles. The minimum atomic E-state index is -2.96. The summed E-state index contributed by atoms with van der Waals surface area (Å²) in [6, 6.07) is 0. The zero-order valence-electron chi connectivity index (χ0n) is 9.86.